The number of fused-ring (bicyclic) bond motifs is 5. The molecule has 2 aromatic rings. The molecule has 4 aliphatic carbocycles. The number of carboxylic acids is 1. The Morgan fingerprint density at radius 1 is 0.959 bits per heavy atom. The van der Waals surface area contributed by atoms with Crippen molar-refractivity contribution >= 4 is 21.6 Å². The Hall–Kier alpha value is -2.77. The monoisotopic (exact) mass is 686 g/mol. The summed E-state index contributed by atoms with van der Waals surface area (Å²) in [6.07, 6.45) is 15.3. The lowest BCUT2D eigenvalue weighted by molar-refractivity contribution is -0.205. The summed E-state index contributed by atoms with van der Waals surface area (Å²) in [5.41, 5.74) is 4.53. The first-order valence-electron chi connectivity index (χ1n) is 18.6. The number of hydrogen-bond acceptors (Lipinski definition) is 4. The van der Waals surface area contributed by atoms with Gasteiger partial charge in [-0.3, -0.25) is 4.98 Å². The van der Waals surface area contributed by atoms with Gasteiger partial charge in [0, 0.05) is 11.7 Å². The number of hydrogen-bond donors (Lipinski definition) is 2. The Morgan fingerprint density at radius 2 is 1.69 bits per heavy atom. The molecule has 7 atom stereocenters. The zero-order chi connectivity index (χ0) is 35.5. The molecule has 4 aliphatic rings. The van der Waals surface area contributed by atoms with Gasteiger partial charge in [-0.2, -0.15) is 0 Å². The smallest absolute Gasteiger partial charge is 0.335 e. The maximum absolute atomic E-state index is 13.7. The number of aromatic nitrogens is 1. The van der Waals surface area contributed by atoms with Gasteiger partial charge in [0.2, 0.25) is 10.0 Å². The van der Waals surface area contributed by atoms with Crippen LogP contribution in [0.4, 0.5) is 0 Å². The molecule has 6 nitrogen and oxygen atoms in total. The van der Waals surface area contributed by atoms with Gasteiger partial charge in [-0.15, -0.1) is 6.58 Å². The fourth-order valence-corrected chi connectivity index (χ4v) is 13.5. The molecule has 0 spiro atoms. The highest BCUT2D eigenvalue weighted by atomic mass is 32.2. The fraction of sp³-hybridized carbons (Fsp3) is 0.619. The van der Waals surface area contributed by atoms with Gasteiger partial charge in [-0.25, -0.2) is 17.9 Å². The Labute approximate surface area is 295 Å². The highest BCUT2D eigenvalue weighted by Gasteiger charge is 2.67. The van der Waals surface area contributed by atoms with Crippen LogP contribution < -0.4 is 4.72 Å². The number of carbonyl (C=O) groups is 1. The quantitative estimate of drug-likeness (QED) is 0.243. The summed E-state index contributed by atoms with van der Waals surface area (Å²) in [4.78, 5) is 15.8. The molecule has 3 fully saturated rings. The maximum Gasteiger partial charge on any atom is 0.335 e. The van der Waals surface area contributed by atoms with E-state index in [1.807, 2.05) is 24.3 Å². The predicted molar refractivity (Wildman–Crippen MR) is 198 cm³/mol. The average Bonchev–Trinajstić information content (AvgIpc) is 3.01. The minimum Gasteiger partial charge on any atom is -0.478 e. The van der Waals surface area contributed by atoms with Gasteiger partial charge in [-0.05, 0) is 152 Å². The molecular formula is C42H58N2O4S. The van der Waals surface area contributed by atoms with Gasteiger partial charge in [0.15, 0.2) is 0 Å². The summed E-state index contributed by atoms with van der Waals surface area (Å²) in [7, 11) is -3.58. The molecule has 49 heavy (non-hydrogen) atoms. The zero-order valence-corrected chi connectivity index (χ0v) is 31.5. The molecule has 7 unspecified atom stereocenters. The van der Waals surface area contributed by atoms with Crippen molar-refractivity contribution in [3.8, 4) is 0 Å². The van der Waals surface area contributed by atoms with Gasteiger partial charge in [-0.1, -0.05) is 64.5 Å². The Balaban J connectivity index is 1.27. The van der Waals surface area contributed by atoms with Crippen LogP contribution >= 0.6 is 0 Å². The summed E-state index contributed by atoms with van der Waals surface area (Å²) >= 11 is 0. The number of carboxylic acid groups (broad SMARTS) is 1. The molecule has 1 aromatic heterocycles. The van der Waals surface area contributed by atoms with Crippen LogP contribution in [-0.2, 0) is 15.8 Å². The largest absolute Gasteiger partial charge is 0.478 e. The SMILES string of the molecule is C=C(C)CCCC1(NS(=O)(=O)Cc2ccccn2)CCC2(C)C(CCC3C4(C)CC=C(c5ccc(C(=O)O)cc5)C(C)(C)C4CCC32C)C1. The number of sulfonamides is 1. The van der Waals surface area contributed by atoms with E-state index in [0.29, 0.717) is 29.0 Å². The van der Waals surface area contributed by atoms with Crippen molar-refractivity contribution in [1.29, 1.82) is 0 Å². The van der Waals surface area contributed by atoms with Crippen molar-refractivity contribution in [2.45, 2.75) is 123 Å². The van der Waals surface area contributed by atoms with Crippen molar-refractivity contribution in [3.05, 3.63) is 83.7 Å². The van der Waals surface area contributed by atoms with Crippen LogP contribution in [0.5, 0.6) is 0 Å². The van der Waals surface area contributed by atoms with Gasteiger partial charge in [0.05, 0.1) is 11.3 Å². The van der Waals surface area contributed by atoms with Crippen LogP contribution in [0.25, 0.3) is 5.57 Å². The van der Waals surface area contributed by atoms with E-state index in [9.17, 15) is 18.3 Å². The summed E-state index contributed by atoms with van der Waals surface area (Å²) in [5, 5.41) is 9.46. The maximum atomic E-state index is 13.7. The van der Waals surface area contributed by atoms with Crippen LogP contribution in [-0.4, -0.2) is 30.0 Å². The number of nitrogens with zero attached hydrogens (tertiary/aromatic N) is 1. The molecule has 1 aromatic carbocycles. The number of pyridine rings is 1. The van der Waals surface area contributed by atoms with Gasteiger partial charge in [0.25, 0.3) is 0 Å². The second kappa shape index (κ2) is 12.8. The van der Waals surface area contributed by atoms with Crippen molar-refractivity contribution in [2.24, 2.45) is 39.4 Å². The Morgan fingerprint density at radius 3 is 2.35 bits per heavy atom. The molecular weight excluding hydrogens is 629 g/mol. The van der Waals surface area contributed by atoms with Crippen LogP contribution in [0.3, 0.4) is 0 Å². The Kier molecular flexibility index (Phi) is 9.39. The number of aromatic carboxylic acids is 1. The molecule has 0 aliphatic heterocycles. The van der Waals surface area contributed by atoms with Crippen LogP contribution in [0.1, 0.15) is 134 Å². The Bertz CT molecular complexity index is 1720. The van der Waals surface area contributed by atoms with Gasteiger partial charge >= 0.3 is 5.97 Å². The summed E-state index contributed by atoms with van der Waals surface area (Å²) in [5.74, 6) is 0.594. The topological polar surface area (TPSA) is 96.4 Å². The van der Waals surface area contributed by atoms with Crippen LogP contribution in [0, 0.1) is 39.4 Å². The van der Waals surface area contributed by atoms with E-state index in [1.54, 1.807) is 24.4 Å². The molecule has 1 heterocycles. The minimum atomic E-state index is -3.58. The first-order chi connectivity index (χ1) is 22.9. The van der Waals surface area contributed by atoms with Crippen molar-refractivity contribution in [1.82, 2.24) is 9.71 Å². The molecule has 0 saturated heterocycles. The van der Waals surface area contributed by atoms with E-state index in [2.05, 4.69) is 63.9 Å². The summed E-state index contributed by atoms with van der Waals surface area (Å²) in [6, 6.07) is 12.9. The minimum absolute atomic E-state index is 0.0340. The number of rotatable bonds is 10. The number of nitrogens with one attached hydrogen (secondary N) is 1. The molecule has 266 valence electrons. The third kappa shape index (κ3) is 6.37. The fourth-order valence-electron chi connectivity index (χ4n) is 12.0. The molecule has 7 heteroatoms. The van der Waals surface area contributed by atoms with Crippen molar-refractivity contribution < 1.29 is 18.3 Å². The average molecular weight is 687 g/mol. The van der Waals surface area contributed by atoms with Crippen molar-refractivity contribution in [2.75, 3.05) is 0 Å². The second-order valence-corrected chi connectivity index (χ2v) is 19.4. The highest BCUT2D eigenvalue weighted by Crippen LogP contribution is 2.74. The van der Waals surface area contributed by atoms with Gasteiger partial charge < -0.3 is 5.11 Å². The lowest BCUT2D eigenvalue weighted by Crippen LogP contribution is -2.65. The lowest BCUT2D eigenvalue weighted by Gasteiger charge is -2.71. The van der Waals surface area contributed by atoms with E-state index in [-0.39, 0.29) is 27.4 Å². The molecule has 3 saturated carbocycles. The second-order valence-electron chi connectivity index (χ2n) is 17.7. The summed E-state index contributed by atoms with van der Waals surface area (Å²) in [6.45, 7) is 18.8. The molecule has 0 bridgehead atoms. The first-order valence-corrected chi connectivity index (χ1v) is 20.2. The molecule has 6 rings (SSSR count). The van der Waals surface area contributed by atoms with E-state index < -0.39 is 21.5 Å². The summed E-state index contributed by atoms with van der Waals surface area (Å²) < 4.78 is 30.8. The standard InChI is InChI=1S/C42H58N2O4S/c1-29(2)11-10-21-42(44-49(47,48)28-33-12-8-9-26-43-33)25-24-40(6)32(27-42)17-18-36-39(5)22-19-34(30-13-15-31(16-14-30)37(45)46)38(3,4)35(39)20-23-41(36,40)7/h8-9,12-16,19,26,32,35-36,44H,1,10-11,17-18,20-25,27-28H2,2-7H3,(H,45,46). The van der Waals surface area contributed by atoms with Crippen LogP contribution in [0.2, 0.25) is 0 Å². The van der Waals surface area contributed by atoms with Crippen LogP contribution in [0.15, 0.2) is 66.9 Å². The molecule has 0 amide bonds. The number of benzene rings is 1. The van der Waals surface area contributed by atoms with E-state index in [1.165, 1.54) is 24.8 Å². The first kappa shape index (κ1) is 36.0. The van der Waals surface area contributed by atoms with E-state index >= 15 is 0 Å². The number of allylic oxidation sites excluding steroid dienone is 3. The van der Waals surface area contributed by atoms with E-state index in [4.69, 9.17) is 0 Å². The van der Waals surface area contributed by atoms with Gasteiger partial charge in [0.1, 0.15) is 5.75 Å². The third-order valence-electron chi connectivity index (χ3n) is 14.5. The zero-order valence-electron chi connectivity index (χ0n) is 30.6. The normalized spacial score (nSPS) is 35.3. The predicted octanol–water partition coefficient (Wildman–Crippen LogP) is 9.84. The van der Waals surface area contributed by atoms with Crippen molar-refractivity contribution in [3.63, 3.8) is 0 Å². The third-order valence-corrected chi connectivity index (χ3v) is 16.0. The molecule has 2 N–H and O–H groups in total. The highest BCUT2D eigenvalue weighted by molar-refractivity contribution is 7.88. The van der Waals surface area contributed by atoms with E-state index in [0.717, 1.165) is 62.5 Å². The molecule has 0 radical (unpaired) electrons. The lowest BCUT2D eigenvalue weighted by atomic mass is 9.34.